The van der Waals surface area contributed by atoms with E-state index in [1.807, 2.05) is 0 Å². The van der Waals surface area contributed by atoms with Gasteiger partial charge in [0.1, 0.15) is 13.1 Å². The molecular formula is C18H28N4+2. The maximum atomic E-state index is 8.72. The Morgan fingerprint density at radius 2 is 1.05 bits per heavy atom. The first-order chi connectivity index (χ1) is 10.3. The molecule has 22 heavy (non-hydrogen) atoms. The largest absolute Gasteiger partial charge is 0.324 e. The van der Waals surface area contributed by atoms with Crippen molar-refractivity contribution < 1.29 is 8.97 Å². The highest BCUT2D eigenvalue weighted by atomic mass is 15.3. The number of quaternary nitrogens is 2. The molecule has 0 amide bonds. The lowest BCUT2D eigenvalue weighted by atomic mass is 10.1. The van der Waals surface area contributed by atoms with Crippen LogP contribution in [0.5, 0.6) is 0 Å². The van der Waals surface area contributed by atoms with Crippen molar-refractivity contribution in [3.05, 3.63) is 35.4 Å². The molecule has 0 spiro atoms. The van der Waals surface area contributed by atoms with E-state index < -0.39 is 0 Å². The molecule has 1 aromatic carbocycles. The molecular weight excluding hydrogens is 272 g/mol. The molecule has 0 N–H and O–H groups in total. The van der Waals surface area contributed by atoms with E-state index in [1.165, 1.54) is 11.1 Å². The average Bonchev–Trinajstić information content (AvgIpc) is 2.45. The fraction of sp³-hybridized carbons (Fsp3) is 0.556. The number of hydrogen-bond donors (Lipinski definition) is 0. The summed E-state index contributed by atoms with van der Waals surface area (Å²) in [6.45, 7) is 3.62. The van der Waals surface area contributed by atoms with Crippen LogP contribution in [-0.2, 0) is 13.1 Å². The van der Waals surface area contributed by atoms with Crippen LogP contribution in [0.25, 0.3) is 0 Å². The zero-order valence-corrected chi connectivity index (χ0v) is 14.3. The molecule has 0 aromatic heterocycles. The maximum Gasteiger partial charge on any atom is 0.104 e. The fourth-order valence-electron chi connectivity index (χ4n) is 2.60. The van der Waals surface area contributed by atoms with Gasteiger partial charge in [0.25, 0.3) is 0 Å². The van der Waals surface area contributed by atoms with Gasteiger partial charge in [-0.1, -0.05) is 24.3 Å². The van der Waals surface area contributed by atoms with Crippen LogP contribution in [0.1, 0.15) is 24.0 Å². The summed E-state index contributed by atoms with van der Waals surface area (Å²) in [5.41, 5.74) is 2.60. The number of rotatable bonds is 8. The molecule has 4 heteroatoms. The molecule has 4 nitrogen and oxygen atoms in total. The van der Waals surface area contributed by atoms with E-state index in [0.717, 1.165) is 35.1 Å². The predicted molar refractivity (Wildman–Crippen MR) is 88.3 cm³/mol. The second-order valence-corrected chi connectivity index (χ2v) is 7.27. The van der Waals surface area contributed by atoms with E-state index in [2.05, 4.69) is 64.6 Å². The van der Waals surface area contributed by atoms with Crippen LogP contribution >= 0.6 is 0 Å². The third kappa shape index (κ3) is 6.72. The number of hydrogen-bond acceptors (Lipinski definition) is 2. The first-order valence-electron chi connectivity index (χ1n) is 7.74. The molecule has 1 aromatic rings. The lowest BCUT2D eigenvalue weighted by molar-refractivity contribution is -0.903. The van der Waals surface area contributed by atoms with Gasteiger partial charge in [-0.05, 0) is 0 Å². The van der Waals surface area contributed by atoms with Crippen LogP contribution in [0, 0.1) is 22.7 Å². The topological polar surface area (TPSA) is 47.6 Å². The minimum absolute atomic E-state index is 0.593. The number of nitriles is 2. The van der Waals surface area contributed by atoms with Crippen LogP contribution in [-0.4, -0.2) is 50.2 Å². The molecule has 0 saturated carbocycles. The van der Waals surface area contributed by atoms with Gasteiger partial charge in [0.2, 0.25) is 0 Å². The summed E-state index contributed by atoms with van der Waals surface area (Å²) in [5.74, 6) is 0. The Hall–Kier alpha value is -1.88. The standard InChI is InChI=1S/C18H28N4/c1-21(2,13-5-11-19)15-17-7-9-18(10-8-17)16-22(3,4)14-6-12-20/h7-10H,5-6,13-16H2,1-4H3/q+2. The van der Waals surface area contributed by atoms with Crippen LogP contribution < -0.4 is 0 Å². The summed E-state index contributed by atoms with van der Waals surface area (Å²) in [6, 6.07) is 13.2. The van der Waals surface area contributed by atoms with Crippen LogP contribution in [0.4, 0.5) is 0 Å². The van der Waals surface area contributed by atoms with Crippen molar-refractivity contribution in [1.29, 1.82) is 10.5 Å². The fourth-order valence-corrected chi connectivity index (χ4v) is 2.60. The Morgan fingerprint density at radius 3 is 1.32 bits per heavy atom. The molecule has 0 atom stereocenters. The highest BCUT2D eigenvalue weighted by Crippen LogP contribution is 2.14. The zero-order valence-electron chi connectivity index (χ0n) is 14.3. The SMILES string of the molecule is C[N+](C)(CCC#N)Cc1ccc(C[N+](C)(C)CCC#N)cc1. The van der Waals surface area contributed by atoms with E-state index in [-0.39, 0.29) is 0 Å². The van der Waals surface area contributed by atoms with Crippen molar-refractivity contribution in [2.45, 2.75) is 25.9 Å². The van der Waals surface area contributed by atoms with E-state index in [9.17, 15) is 0 Å². The van der Waals surface area contributed by atoms with Crippen molar-refractivity contribution in [2.75, 3.05) is 41.3 Å². The second kappa shape index (κ2) is 7.94. The third-order valence-corrected chi connectivity index (χ3v) is 3.90. The molecule has 118 valence electrons. The van der Waals surface area contributed by atoms with Gasteiger partial charge in [-0.25, -0.2) is 0 Å². The minimum Gasteiger partial charge on any atom is -0.324 e. The summed E-state index contributed by atoms with van der Waals surface area (Å²) >= 11 is 0. The number of nitrogens with zero attached hydrogens (tertiary/aromatic N) is 4. The lowest BCUT2D eigenvalue weighted by Gasteiger charge is -2.30. The summed E-state index contributed by atoms with van der Waals surface area (Å²) in [6.07, 6.45) is 1.19. The summed E-state index contributed by atoms with van der Waals surface area (Å²) in [5, 5.41) is 17.4. The van der Waals surface area contributed by atoms with E-state index in [4.69, 9.17) is 10.5 Å². The van der Waals surface area contributed by atoms with Gasteiger partial charge < -0.3 is 8.97 Å². The Balaban J connectivity index is 2.64. The first kappa shape index (κ1) is 18.2. The Kier molecular flexibility index (Phi) is 6.56. The monoisotopic (exact) mass is 300 g/mol. The van der Waals surface area contributed by atoms with Crippen molar-refractivity contribution in [3.8, 4) is 12.1 Å². The van der Waals surface area contributed by atoms with Gasteiger partial charge in [-0.15, -0.1) is 0 Å². The molecule has 0 unspecified atom stereocenters. The minimum atomic E-state index is 0.593. The zero-order chi connectivity index (χ0) is 16.6. The van der Waals surface area contributed by atoms with Crippen LogP contribution in [0.15, 0.2) is 24.3 Å². The summed E-state index contributed by atoms with van der Waals surface area (Å²) in [7, 11) is 8.64. The van der Waals surface area contributed by atoms with E-state index in [1.54, 1.807) is 0 Å². The van der Waals surface area contributed by atoms with Crippen molar-refractivity contribution in [1.82, 2.24) is 0 Å². The van der Waals surface area contributed by atoms with Gasteiger partial charge in [0.15, 0.2) is 0 Å². The quantitative estimate of drug-likeness (QED) is 0.693. The van der Waals surface area contributed by atoms with Gasteiger partial charge in [-0.2, -0.15) is 10.5 Å². The van der Waals surface area contributed by atoms with E-state index >= 15 is 0 Å². The average molecular weight is 300 g/mol. The number of benzene rings is 1. The Bertz CT molecular complexity index is 493. The van der Waals surface area contributed by atoms with Gasteiger partial charge in [-0.3, -0.25) is 0 Å². The van der Waals surface area contributed by atoms with Gasteiger partial charge in [0.05, 0.1) is 66.3 Å². The molecule has 0 heterocycles. The molecule has 0 saturated heterocycles. The van der Waals surface area contributed by atoms with Crippen molar-refractivity contribution in [3.63, 3.8) is 0 Å². The molecule has 0 aliphatic rings. The normalized spacial score (nSPS) is 11.7. The maximum absolute atomic E-state index is 8.72. The van der Waals surface area contributed by atoms with Gasteiger partial charge in [0, 0.05) is 11.1 Å². The van der Waals surface area contributed by atoms with Crippen LogP contribution in [0.2, 0.25) is 0 Å². The van der Waals surface area contributed by atoms with Crippen molar-refractivity contribution >= 4 is 0 Å². The second-order valence-electron chi connectivity index (χ2n) is 7.27. The molecule has 0 aliphatic carbocycles. The first-order valence-corrected chi connectivity index (χ1v) is 7.74. The molecule has 1 rings (SSSR count). The van der Waals surface area contributed by atoms with Gasteiger partial charge >= 0.3 is 0 Å². The van der Waals surface area contributed by atoms with Crippen molar-refractivity contribution in [2.24, 2.45) is 0 Å². The predicted octanol–water partition coefficient (Wildman–Crippen LogP) is 2.67. The highest BCUT2D eigenvalue weighted by Gasteiger charge is 2.17. The van der Waals surface area contributed by atoms with Crippen LogP contribution in [0.3, 0.4) is 0 Å². The van der Waals surface area contributed by atoms with E-state index in [0.29, 0.717) is 12.8 Å². The molecule has 0 fully saturated rings. The third-order valence-electron chi connectivity index (χ3n) is 3.90. The summed E-state index contributed by atoms with van der Waals surface area (Å²) < 4.78 is 1.66. The Labute approximate surface area is 135 Å². The molecule has 0 bridgehead atoms. The molecule has 0 radical (unpaired) electrons. The Morgan fingerprint density at radius 1 is 0.727 bits per heavy atom. The smallest absolute Gasteiger partial charge is 0.104 e. The lowest BCUT2D eigenvalue weighted by Crippen LogP contribution is -2.40. The molecule has 0 aliphatic heterocycles. The highest BCUT2D eigenvalue weighted by molar-refractivity contribution is 5.21. The summed E-state index contributed by atoms with van der Waals surface area (Å²) in [4.78, 5) is 0.